The fourth-order valence-corrected chi connectivity index (χ4v) is 2.47. The minimum absolute atomic E-state index is 0.233. The van der Waals surface area contributed by atoms with Crippen molar-refractivity contribution in [2.75, 3.05) is 29.6 Å². The fourth-order valence-electron chi connectivity index (χ4n) is 2.47. The normalized spacial score (nSPS) is 10.5. The van der Waals surface area contributed by atoms with Crippen LogP contribution in [0, 0.1) is 0 Å². The Labute approximate surface area is 157 Å². The van der Waals surface area contributed by atoms with Crippen molar-refractivity contribution in [3.05, 3.63) is 54.0 Å². The van der Waals surface area contributed by atoms with Crippen molar-refractivity contribution < 1.29 is 4.79 Å². The quantitative estimate of drug-likeness (QED) is 0.583. The lowest BCUT2D eigenvalue weighted by molar-refractivity contribution is 0.100. The lowest BCUT2D eigenvalue weighted by Gasteiger charge is -2.14. The van der Waals surface area contributed by atoms with Crippen molar-refractivity contribution in [3.63, 3.8) is 0 Å². The standard InChI is InChI=1S/C18H22N8O/c1-25(2)14-6-4-12(5-7-14)8-20-17-15(16(19)27)10-21-18(24-17)23-13-9-22-26(3)11-13/h4-7,9-11H,8H2,1-3H3,(H2,19,27)(H2,20,21,23,24). The van der Waals surface area contributed by atoms with Gasteiger partial charge in [-0.2, -0.15) is 10.1 Å². The van der Waals surface area contributed by atoms with Gasteiger partial charge in [0.05, 0.1) is 17.4 Å². The number of anilines is 4. The summed E-state index contributed by atoms with van der Waals surface area (Å²) in [6.45, 7) is 0.497. The van der Waals surface area contributed by atoms with Gasteiger partial charge >= 0.3 is 0 Å². The molecule has 2 heterocycles. The second-order valence-electron chi connectivity index (χ2n) is 6.26. The first-order valence-corrected chi connectivity index (χ1v) is 8.35. The second-order valence-corrected chi connectivity index (χ2v) is 6.26. The molecule has 0 bridgehead atoms. The minimum Gasteiger partial charge on any atom is -0.378 e. The monoisotopic (exact) mass is 366 g/mol. The number of nitrogens with two attached hydrogens (primary N) is 1. The van der Waals surface area contributed by atoms with Gasteiger partial charge in [-0.1, -0.05) is 12.1 Å². The molecule has 0 saturated carbocycles. The van der Waals surface area contributed by atoms with E-state index in [1.54, 1.807) is 17.1 Å². The van der Waals surface area contributed by atoms with Gasteiger partial charge in [0.2, 0.25) is 5.95 Å². The van der Waals surface area contributed by atoms with Crippen molar-refractivity contribution in [1.82, 2.24) is 19.7 Å². The van der Waals surface area contributed by atoms with Gasteiger partial charge in [-0.15, -0.1) is 0 Å². The van der Waals surface area contributed by atoms with Gasteiger partial charge in [0.15, 0.2) is 0 Å². The van der Waals surface area contributed by atoms with Crippen LogP contribution >= 0.6 is 0 Å². The number of rotatable bonds is 7. The molecule has 0 aliphatic heterocycles. The Morgan fingerprint density at radius 3 is 2.56 bits per heavy atom. The molecule has 0 spiro atoms. The largest absolute Gasteiger partial charge is 0.378 e. The molecule has 3 rings (SSSR count). The smallest absolute Gasteiger partial charge is 0.254 e. The predicted molar refractivity (Wildman–Crippen MR) is 105 cm³/mol. The van der Waals surface area contributed by atoms with E-state index in [1.165, 1.54) is 6.20 Å². The van der Waals surface area contributed by atoms with Crippen LogP contribution in [0.4, 0.5) is 23.1 Å². The van der Waals surface area contributed by atoms with Crippen LogP contribution in [0.3, 0.4) is 0 Å². The number of nitrogens with one attached hydrogen (secondary N) is 2. The van der Waals surface area contributed by atoms with E-state index < -0.39 is 5.91 Å². The van der Waals surface area contributed by atoms with E-state index in [9.17, 15) is 4.79 Å². The molecule has 0 saturated heterocycles. The zero-order valence-electron chi connectivity index (χ0n) is 15.5. The molecule has 0 aliphatic carbocycles. The SMILES string of the molecule is CN(C)c1ccc(CNc2nc(Nc3cnn(C)c3)ncc2C(N)=O)cc1. The van der Waals surface area contributed by atoms with Crippen molar-refractivity contribution in [2.24, 2.45) is 12.8 Å². The first kappa shape index (κ1) is 18.2. The zero-order valence-corrected chi connectivity index (χ0v) is 15.5. The van der Waals surface area contributed by atoms with Gasteiger partial charge in [-0.25, -0.2) is 4.98 Å². The highest BCUT2D eigenvalue weighted by Gasteiger charge is 2.12. The third kappa shape index (κ3) is 4.51. The summed E-state index contributed by atoms with van der Waals surface area (Å²) in [7, 11) is 5.80. The van der Waals surface area contributed by atoms with Crippen molar-refractivity contribution in [1.29, 1.82) is 0 Å². The Morgan fingerprint density at radius 2 is 1.96 bits per heavy atom. The summed E-state index contributed by atoms with van der Waals surface area (Å²) in [5, 5.41) is 10.3. The first-order chi connectivity index (χ1) is 12.9. The summed E-state index contributed by atoms with van der Waals surface area (Å²) in [5.41, 5.74) is 8.59. The third-order valence-corrected chi connectivity index (χ3v) is 3.93. The van der Waals surface area contributed by atoms with Crippen LogP contribution in [0.2, 0.25) is 0 Å². The molecule has 4 N–H and O–H groups in total. The topological polar surface area (TPSA) is 114 Å². The molecule has 1 amide bonds. The van der Waals surface area contributed by atoms with Gasteiger partial charge < -0.3 is 21.3 Å². The van der Waals surface area contributed by atoms with E-state index in [-0.39, 0.29) is 5.56 Å². The van der Waals surface area contributed by atoms with Gasteiger partial charge in [0.1, 0.15) is 5.82 Å². The Balaban J connectivity index is 1.77. The Hall–Kier alpha value is -3.62. The number of carbonyl (C=O) groups excluding carboxylic acids is 1. The van der Waals surface area contributed by atoms with Crippen LogP contribution in [0.25, 0.3) is 0 Å². The van der Waals surface area contributed by atoms with Crippen LogP contribution < -0.4 is 21.3 Å². The predicted octanol–water partition coefficient (Wildman–Crippen LogP) is 1.73. The lowest BCUT2D eigenvalue weighted by Crippen LogP contribution is -2.17. The molecular weight excluding hydrogens is 344 g/mol. The number of benzene rings is 1. The molecule has 140 valence electrons. The molecule has 3 aromatic rings. The Morgan fingerprint density at radius 1 is 1.22 bits per heavy atom. The summed E-state index contributed by atoms with van der Waals surface area (Å²) in [6.07, 6.45) is 4.86. The van der Waals surface area contributed by atoms with Crippen molar-refractivity contribution >= 4 is 29.0 Å². The second kappa shape index (κ2) is 7.73. The molecule has 27 heavy (non-hydrogen) atoms. The highest BCUT2D eigenvalue weighted by atomic mass is 16.1. The fraction of sp³-hybridized carbons (Fsp3) is 0.222. The molecule has 0 fully saturated rings. The van der Waals surface area contributed by atoms with E-state index in [0.717, 1.165) is 16.9 Å². The highest BCUT2D eigenvalue weighted by Crippen LogP contribution is 2.18. The van der Waals surface area contributed by atoms with Crippen LogP contribution in [0.5, 0.6) is 0 Å². The van der Waals surface area contributed by atoms with E-state index in [0.29, 0.717) is 18.3 Å². The molecule has 0 atom stereocenters. The molecule has 9 heteroatoms. The minimum atomic E-state index is -0.589. The van der Waals surface area contributed by atoms with Gasteiger partial charge in [0, 0.05) is 45.8 Å². The molecule has 0 aliphatic rings. The van der Waals surface area contributed by atoms with Crippen LogP contribution in [-0.4, -0.2) is 39.8 Å². The maximum Gasteiger partial charge on any atom is 0.254 e. The zero-order chi connectivity index (χ0) is 19.4. The number of hydrogen-bond donors (Lipinski definition) is 3. The maximum absolute atomic E-state index is 11.7. The number of amides is 1. The first-order valence-electron chi connectivity index (χ1n) is 8.35. The van der Waals surface area contributed by atoms with E-state index in [1.807, 2.05) is 50.3 Å². The number of hydrogen-bond acceptors (Lipinski definition) is 7. The summed E-state index contributed by atoms with van der Waals surface area (Å²) in [4.78, 5) is 22.2. The lowest BCUT2D eigenvalue weighted by atomic mass is 10.2. The molecule has 1 aromatic carbocycles. The highest BCUT2D eigenvalue weighted by molar-refractivity contribution is 5.97. The summed E-state index contributed by atoms with van der Waals surface area (Å²) < 4.78 is 1.66. The number of nitrogens with zero attached hydrogens (tertiary/aromatic N) is 5. The number of aryl methyl sites for hydroxylation is 1. The van der Waals surface area contributed by atoms with Crippen molar-refractivity contribution in [3.8, 4) is 0 Å². The van der Waals surface area contributed by atoms with Crippen molar-refractivity contribution in [2.45, 2.75) is 6.54 Å². The van der Waals surface area contributed by atoms with E-state index in [4.69, 9.17) is 5.73 Å². The van der Waals surface area contributed by atoms with Gasteiger partial charge in [-0.3, -0.25) is 9.48 Å². The van der Waals surface area contributed by atoms with E-state index in [2.05, 4.69) is 25.7 Å². The summed E-state index contributed by atoms with van der Waals surface area (Å²) >= 11 is 0. The Bertz CT molecular complexity index is 933. The van der Waals surface area contributed by atoms with Crippen LogP contribution in [-0.2, 0) is 13.6 Å². The Kier molecular flexibility index (Phi) is 5.20. The third-order valence-electron chi connectivity index (χ3n) is 3.93. The van der Waals surface area contributed by atoms with Crippen LogP contribution in [0.1, 0.15) is 15.9 Å². The average Bonchev–Trinajstić information content (AvgIpc) is 3.05. The van der Waals surface area contributed by atoms with Gasteiger partial charge in [0.25, 0.3) is 5.91 Å². The summed E-state index contributed by atoms with van der Waals surface area (Å²) in [6, 6.07) is 8.09. The molecule has 0 radical (unpaired) electrons. The number of carbonyl (C=O) groups is 1. The summed E-state index contributed by atoms with van der Waals surface area (Å²) in [5.74, 6) is 0.132. The molecule has 9 nitrogen and oxygen atoms in total. The maximum atomic E-state index is 11.7. The molecule has 0 unspecified atom stereocenters. The average molecular weight is 366 g/mol. The molecular formula is C18H22N8O. The number of aromatic nitrogens is 4. The van der Waals surface area contributed by atoms with Gasteiger partial charge in [-0.05, 0) is 17.7 Å². The van der Waals surface area contributed by atoms with Crippen LogP contribution in [0.15, 0.2) is 42.9 Å². The number of primary amides is 1. The molecule has 2 aromatic heterocycles. The van der Waals surface area contributed by atoms with E-state index >= 15 is 0 Å².